The summed E-state index contributed by atoms with van der Waals surface area (Å²) in [5.74, 6) is -0.540. The van der Waals surface area contributed by atoms with E-state index in [4.69, 9.17) is 9.47 Å². The van der Waals surface area contributed by atoms with Crippen molar-refractivity contribution in [1.82, 2.24) is 10.1 Å². The molecule has 122 valence electrons. The summed E-state index contributed by atoms with van der Waals surface area (Å²) in [5.41, 5.74) is 0.970. The number of carbonyl (C=O) groups excluding carboxylic acids is 1. The van der Waals surface area contributed by atoms with Crippen LogP contribution in [-0.2, 0) is 4.79 Å². The zero-order valence-corrected chi connectivity index (χ0v) is 12.6. The highest BCUT2D eigenvalue weighted by molar-refractivity contribution is 5.70. The van der Waals surface area contributed by atoms with E-state index in [-0.39, 0.29) is 6.01 Å². The molecule has 2 aromatic carbocycles. The van der Waals surface area contributed by atoms with Crippen molar-refractivity contribution < 1.29 is 29.4 Å². The molecule has 8 nitrogen and oxygen atoms in total. The molecule has 0 bridgehead atoms. The van der Waals surface area contributed by atoms with Gasteiger partial charge in [-0.25, -0.2) is 0 Å². The minimum atomic E-state index is -1.30. The quantitative estimate of drug-likeness (QED) is 0.536. The summed E-state index contributed by atoms with van der Waals surface area (Å²) in [6.45, 7) is 1.38. The molecule has 0 aliphatic rings. The Balaban J connectivity index is 1.78. The van der Waals surface area contributed by atoms with E-state index in [1.54, 1.807) is 48.5 Å². The van der Waals surface area contributed by atoms with Gasteiger partial charge in [-0.1, -0.05) is 12.1 Å². The first-order valence-electron chi connectivity index (χ1n) is 7.07. The molecule has 0 saturated carbocycles. The Hall–Kier alpha value is -3.42. The SMILES string of the molecule is CC(Oc1ccc(Oc2nc3ccccc3[n+](O)n2)cc1)C(=O)[O-]. The van der Waals surface area contributed by atoms with Gasteiger partial charge in [0, 0.05) is 6.07 Å². The number of rotatable bonds is 5. The predicted molar refractivity (Wildman–Crippen MR) is 78.5 cm³/mol. The standard InChI is InChI=1S/C16H13N3O5/c1-10(15(20)21)23-11-6-8-12(9-7-11)24-16-17-13-4-2-3-5-14(13)19(22)18-16/h2-10H,1H3,(H-,17,18,20,21,22). The van der Waals surface area contributed by atoms with Gasteiger partial charge in [0.25, 0.3) is 0 Å². The lowest BCUT2D eigenvalue weighted by atomic mass is 10.3. The van der Waals surface area contributed by atoms with E-state index in [1.165, 1.54) is 6.92 Å². The minimum absolute atomic E-state index is 0.0343. The highest BCUT2D eigenvalue weighted by Crippen LogP contribution is 2.22. The molecule has 24 heavy (non-hydrogen) atoms. The molecule has 8 heteroatoms. The van der Waals surface area contributed by atoms with Crippen LogP contribution < -0.4 is 19.4 Å². The molecule has 1 heterocycles. The van der Waals surface area contributed by atoms with Gasteiger partial charge in [-0.05, 0) is 37.3 Å². The molecule has 0 radical (unpaired) electrons. The maximum Gasteiger partial charge on any atom is 0.390 e. The van der Waals surface area contributed by atoms with Crippen molar-refractivity contribution in [1.29, 1.82) is 0 Å². The lowest BCUT2D eigenvalue weighted by Gasteiger charge is -2.15. The number of aliphatic carboxylic acids is 1. The molecule has 3 aromatic rings. The number of hydrogen-bond acceptors (Lipinski definition) is 7. The van der Waals surface area contributed by atoms with E-state index >= 15 is 0 Å². The second kappa shape index (κ2) is 6.37. The van der Waals surface area contributed by atoms with Gasteiger partial charge in [-0.15, -0.1) is 0 Å². The third-order valence-corrected chi connectivity index (χ3v) is 3.17. The van der Waals surface area contributed by atoms with Gasteiger partial charge in [-0.2, -0.15) is 4.98 Å². The number of carbonyl (C=O) groups is 1. The first kappa shape index (κ1) is 15.5. The van der Waals surface area contributed by atoms with Crippen LogP contribution in [0, 0.1) is 0 Å². The summed E-state index contributed by atoms with van der Waals surface area (Å²) < 4.78 is 10.7. The van der Waals surface area contributed by atoms with E-state index in [0.29, 0.717) is 27.4 Å². The number of nitrogens with zero attached hydrogens (tertiary/aromatic N) is 3. The van der Waals surface area contributed by atoms with E-state index < -0.39 is 12.1 Å². The van der Waals surface area contributed by atoms with Crippen LogP contribution in [0.4, 0.5) is 0 Å². The Morgan fingerprint density at radius 1 is 1.17 bits per heavy atom. The van der Waals surface area contributed by atoms with E-state index in [9.17, 15) is 15.1 Å². The molecule has 1 aromatic heterocycles. The summed E-state index contributed by atoms with van der Waals surface area (Å²) in [6.07, 6.45) is -1.06. The maximum absolute atomic E-state index is 10.6. The lowest BCUT2D eigenvalue weighted by molar-refractivity contribution is -0.929. The smallest absolute Gasteiger partial charge is 0.390 e. The first-order chi connectivity index (χ1) is 11.5. The highest BCUT2D eigenvalue weighted by atomic mass is 16.5. The fourth-order valence-corrected chi connectivity index (χ4v) is 1.98. The Bertz CT molecular complexity index is 883. The number of benzene rings is 2. The number of carboxylic acids is 1. The van der Waals surface area contributed by atoms with Gasteiger partial charge in [0.1, 0.15) is 33.1 Å². The van der Waals surface area contributed by atoms with E-state index in [1.807, 2.05) is 0 Å². The zero-order chi connectivity index (χ0) is 17.1. The van der Waals surface area contributed by atoms with Crippen molar-refractivity contribution >= 4 is 17.0 Å². The number of carboxylic acid groups (broad SMARTS) is 1. The summed E-state index contributed by atoms with van der Waals surface area (Å²) >= 11 is 0. The van der Waals surface area contributed by atoms with Gasteiger partial charge in [0.15, 0.2) is 0 Å². The molecule has 0 aliphatic carbocycles. The molecular formula is C16H13N3O5. The molecule has 1 N–H and O–H groups in total. The maximum atomic E-state index is 10.6. The first-order valence-corrected chi connectivity index (χ1v) is 7.07. The molecule has 1 atom stereocenters. The summed E-state index contributed by atoms with van der Waals surface area (Å²) in [7, 11) is 0. The Morgan fingerprint density at radius 3 is 2.54 bits per heavy atom. The number of hydrogen-bond donors (Lipinski definition) is 1. The van der Waals surface area contributed by atoms with Crippen molar-refractivity contribution in [3.05, 3.63) is 48.5 Å². The summed E-state index contributed by atoms with van der Waals surface area (Å²) in [5, 5.41) is 24.3. The highest BCUT2D eigenvalue weighted by Gasteiger charge is 2.15. The molecule has 0 fully saturated rings. The fraction of sp³-hybridized carbons (Fsp3) is 0.125. The van der Waals surface area contributed by atoms with Crippen molar-refractivity contribution in [2.75, 3.05) is 0 Å². The van der Waals surface area contributed by atoms with Gasteiger partial charge >= 0.3 is 11.5 Å². The van der Waals surface area contributed by atoms with Gasteiger partial charge < -0.3 is 19.4 Å². The van der Waals surface area contributed by atoms with Crippen molar-refractivity contribution in [2.24, 2.45) is 0 Å². The third-order valence-electron chi connectivity index (χ3n) is 3.17. The topological polar surface area (TPSA) is 108 Å². The summed E-state index contributed by atoms with van der Waals surface area (Å²) in [6, 6.07) is 13.1. The van der Waals surface area contributed by atoms with Crippen molar-refractivity contribution in [3.63, 3.8) is 0 Å². The second-order valence-electron chi connectivity index (χ2n) is 4.93. The second-order valence-corrected chi connectivity index (χ2v) is 4.93. The molecule has 0 spiro atoms. The average Bonchev–Trinajstić information content (AvgIpc) is 2.56. The monoisotopic (exact) mass is 327 g/mol. The molecular weight excluding hydrogens is 314 g/mol. The van der Waals surface area contributed by atoms with Crippen LogP contribution in [0.25, 0.3) is 11.0 Å². The van der Waals surface area contributed by atoms with Gasteiger partial charge in [0.2, 0.25) is 0 Å². The van der Waals surface area contributed by atoms with E-state index in [0.717, 1.165) is 0 Å². The van der Waals surface area contributed by atoms with Crippen LogP contribution >= 0.6 is 0 Å². The largest absolute Gasteiger partial charge is 0.546 e. The van der Waals surface area contributed by atoms with Gasteiger partial charge in [-0.3, -0.25) is 5.21 Å². The van der Waals surface area contributed by atoms with Crippen molar-refractivity contribution in [3.8, 4) is 17.5 Å². The fourth-order valence-electron chi connectivity index (χ4n) is 1.98. The van der Waals surface area contributed by atoms with Crippen LogP contribution in [0.15, 0.2) is 48.5 Å². The van der Waals surface area contributed by atoms with Crippen LogP contribution in [0.1, 0.15) is 6.92 Å². The normalized spacial score (nSPS) is 11.9. The Morgan fingerprint density at radius 2 is 1.83 bits per heavy atom. The Labute approximate surface area is 136 Å². The zero-order valence-electron chi connectivity index (χ0n) is 12.6. The molecule has 0 amide bonds. The van der Waals surface area contributed by atoms with Crippen LogP contribution in [0.5, 0.6) is 17.5 Å². The Kier molecular flexibility index (Phi) is 4.11. The molecule has 1 unspecified atom stereocenters. The average molecular weight is 327 g/mol. The summed E-state index contributed by atoms with van der Waals surface area (Å²) in [4.78, 5) is 15.5. The molecule has 0 aliphatic heterocycles. The number of fused-ring (bicyclic) bond motifs is 1. The van der Waals surface area contributed by atoms with Gasteiger partial charge in [0.05, 0.1) is 5.97 Å². The van der Waals surface area contributed by atoms with Crippen molar-refractivity contribution in [2.45, 2.75) is 13.0 Å². The molecule has 3 rings (SSSR count). The van der Waals surface area contributed by atoms with Crippen LogP contribution in [0.3, 0.4) is 0 Å². The minimum Gasteiger partial charge on any atom is -0.546 e. The van der Waals surface area contributed by atoms with E-state index in [2.05, 4.69) is 10.1 Å². The number of ether oxygens (including phenoxy) is 2. The third kappa shape index (κ3) is 3.32. The predicted octanol–water partition coefficient (Wildman–Crippen LogP) is 0.464. The number of para-hydroxylation sites is 2. The van der Waals surface area contributed by atoms with Crippen LogP contribution in [0.2, 0.25) is 0 Å². The lowest BCUT2D eigenvalue weighted by Crippen LogP contribution is -2.37. The molecule has 0 saturated heterocycles. The number of aromatic nitrogens is 3. The van der Waals surface area contributed by atoms with Crippen LogP contribution in [-0.4, -0.2) is 27.4 Å².